The molecule has 0 saturated heterocycles. The summed E-state index contributed by atoms with van der Waals surface area (Å²) in [7, 11) is 0. The molecule has 1 amide bonds. The first-order valence-electron chi connectivity index (χ1n) is 8.05. The summed E-state index contributed by atoms with van der Waals surface area (Å²) < 4.78 is 5.60. The average molecular weight is 299 g/mol. The fourth-order valence-electron chi connectivity index (χ4n) is 2.70. The van der Waals surface area contributed by atoms with Crippen LogP contribution < -0.4 is 5.32 Å². The molecule has 118 valence electrons. The van der Waals surface area contributed by atoms with Gasteiger partial charge in [0.2, 0.25) is 0 Å². The lowest BCUT2D eigenvalue weighted by atomic mass is 10.0. The maximum atomic E-state index is 12.2. The van der Waals surface area contributed by atoms with Gasteiger partial charge in [0.25, 0.3) is 0 Å². The molecule has 2 aromatic rings. The number of rotatable bonds is 6. The maximum absolute atomic E-state index is 12.2. The third kappa shape index (κ3) is 4.48. The molecule has 1 N–H and O–H groups in total. The second-order valence-corrected chi connectivity index (χ2v) is 6.10. The van der Waals surface area contributed by atoms with Crippen LogP contribution in [0, 0.1) is 5.92 Å². The molecule has 3 nitrogen and oxygen atoms in total. The minimum Gasteiger partial charge on any atom is -0.446 e. The third-order valence-corrected chi connectivity index (χ3v) is 3.65. The van der Waals surface area contributed by atoms with Crippen LogP contribution in [0.5, 0.6) is 0 Å². The molecule has 0 aromatic heterocycles. The van der Waals surface area contributed by atoms with Crippen LogP contribution in [0.3, 0.4) is 0 Å². The summed E-state index contributed by atoms with van der Waals surface area (Å²) in [4.78, 5) is 12.2. The summed E-state index contributed by atoms with van der Waals surface area (Å²) in [6, 6.07) is 13.9. The predicted octanol–water partition coefficient (Wildman–Crippen LogP) is 5.60. The lowest BCUT2D eigenvalue weighted by Gasteiger charge is -2.19. The highest BCUT2D eigenvalue weighted by Crippen LogP contribution is 2.23. The van der Waals surface area contributed by atoms with E-state index in [9.17, 15) is 4.79 Å². The molecule has 1 atom stereocenters. The van der Waals surface area contributed by atoms with Crippen LogP contribution in [-0.2, 0) is 4.74 Å². The van der Waals surface area contributed by atoms with Crippen molar-refractivity contribution in [3.05, 3.63) is 42.5 Å². The highest BCUT2D eigenvalue weighted by atomic mass is 16.6. The SMILES string of the molecule is CCCC(CC(C)C)OC(=O)Nc1cccc2ccccc12. The van der Waals surface area contributed by atoms with Gasteiger partial charge in [-0.1, -0.05) is 63.6 Å². The third-order valence-electron chi connectivity index (χ3n) is 3.65. The van der Waals surface area contributed by atoms with E-state index in [1.54, 1.807) is 0 Å². The van der Waals surface area contributed by atoms with Gasteiger partial charge in [-0.2, -0.15) is 0 Å². The van der Waals surface area contributed by atoms with Crippen LogP contribution in [0.4, 0.5) is 10.5 Å². The molecular formula is C19H25NO2. The highest BCUT2D eigenvalue weighted by molar-refractivity contribution is 6.00. The van der Waals surface area contributed by atoms with Crippen LogP contribution in [0.15, 0.2) is 42.5 Å². The molecule has 0 aliphatic heterocycles. The van der Waals surface area contributed by atoms with E-state index in [0.29, 0.717) is 5.92 Å². The van der Waals surface area contributed by atoms with E-state index >= 15 is 0 Å². The van der Waals surface area contributed by atoms with Crippen LogP contribution in [0.2, 0.25) is 0 Å². The first-order chi connectivity index (χ1) is 10.6. The molecule has 0 saturated carbocycles. The van der Waals surface area contributed by atoms with Crippen molar-refractivity contribution in [1.29, 1.82) is 0 Å². The average Bonchev–Trinajstić information content (AvgIpc) is 2.47. The zero-order valence-corrected chi connectivity index (χ0v) is 13.6. The summed E-state index contributed by atoms with van der Waals surface area (Å²) in [6.07, 6.45) is 2.44. The van der Waals surface area contributed by atoms with Crippen LogP contribution in [0.1, 0.15) is 40.0 Å². The van der Waals surface area contributed by atoms with Crippen LogP contribution in [-0.4, -0.2) is 12.2 Å². The molecule has 0 radical (unpaired) electrons. The van der Waals surface area contributed by atoms with E-state index in [2.05, 4.69) is 26.1 Å². The van der Waals surface area contributed by atoms with Crippen molar-refractivity contribution in [1.82, 2.24) is 0 Å². The van der Waals surface area contributed by atoms with E-state index < -0.39 is 0 Å². The number of anilines is 1. The Hall–Kier alpha value is -2.03. The minimum absolute atomic E-state index is 0.0139. The van der Waals surface area contributed by atoms with Gasteiger partial charge in [0.1, 0.15) is 6.10 Å². The lowest BCUT2D eigenvalue weighted by molar-refractivity contribution is 0.0913. The van der Waals surface area contributed by atoms with Crippen molar-refractivity contribution in [3.63, 3.8) is 0 Å². The Morgan fingerprint density at radius 2 is 1.86 bits per heavy atom. The van der Waals surface area contributed by atoms with Crippen molar-refractivity contribution in [2.45, 2.75) is 46.1 Å². The standard InChI is InChI=1S/C19H25NO2/c1-4-8-16(13-14(2)3)22-19(21)20-18-12-7-10-15-9-5-6-11-17(15)18/h5-7,9-12,14,16H,4,8,13H2,1-3H3,(H,20,21). The van der Waals surface area contributed by atoms with Crippen molar-refractivity contribution in [2.24, 2.45) is 5.92 Å². The van der Waals surface area contributed by atoms with E-state index in [1.165, 1.54) is 0 Å². The topological polar surface area (TPSA) is 38.3 Å². The number of ether oxygens (including phenoxy) is 1. The largest absolute Gasteiger partial charge is 0.446 e. The number of nitrogens with one attached hydrogen (secondary N) is 1. The zero-order valence-electron chi connectivity index (χ0n) is 13.6. The molecule has 0 fully saturated rings. The maximum Gasteiger partial charge on any atom is 0.411 e. The van der Waals surface area contributed by atoms with Gasteiger partial charge < -0.3 is 4.74 Å². The van der Waals surface area contributed by atoms with Gasteiger partial charge in [-0.15, -0.1) is 0 Å². The van der Waals surface area contributed by atoms with E-state index in [0.717, 1.165) is 35.7 Å². The van der Waals surface area contributed by atoms with Gasteiger partial charge in [-0.25, -0.2) is 4.79 Å². The number of carbonyl (C=O) groups excluding carboxylic acids is 1. The Balaban J connectivity index is 2.06. The second-order valence-electron chi connectivity index (χ2n) is 6.10. The zero-order chi connectivity index (χ0) is 15.9. The van der Waals surface area contributed by atoms with E-state index in [4.69, 9.17) is 4.74 Å². The molecule has 3 heteroatoms. The second kappa shape index (κ2) is 7.83. The molecule has 1 unspecified atom stereocenters. The normalized spacial score (nSPS) is 12.4. The van der Waals surface area contributed by atoms with Gasteiger partial charge in [-0.05, 0) is 30.2 Å². The summed E-state index contributed by atoms with van der Waals surface area (Å²) in [5, 5.41) is 5.02. The summed E-state index contributed by atoms with van der Waals surface area (Å²) in [5.41, 5.74) is 0.794. The fraction of sp³-hybridized carbons (Fsp3) is 0.421. The Kier molecular flexibility index (Phi) is 5.82. The molecule has 0 aliphatic rings. The number of fused-ring (bicyclic) bond motifs is 1. The monoisotopic (exact) mass is 299 g/mol. The fourth-order valence-corrected chi connectivity index (χ4v) is 2.70. The van der Waals surface area contributed by atoms with Gasteiger partial charge in [0, 0.05) is 5.39 Å². The van der Waals surface area contributed by atoms with Crippen LogP contribution in [0.25, 0.3) is 10.8 Å². The molecule has 22 heavy (non-hydrogen) atoms. The number of carbonyl (C=O) groups is 1. The molecular weight excluding hydrogens is 274 g/mol. The molecule has 2 rings (SSSR count). The van der Waals surface area contributed by atoms with Crippen molar-refractivity contribution < 1.29 is 9.53 Å². The van der Waals surface area contributed by atoms with Crippen LogP contribution >= 0.6 is 0 Å². The lowest BCUT2D eigenvalue weighted by Crippen LogP contribution is -2.23. The first kappa shape index (κ1) is 16.3. The summed E-state index contributed by atoms with van der Waals surface area (Å²) in [5.74, 6) is 0.516. The Morgan fingerprint density at radius 1 is 1.14 bits per heavy atom. The number of amides is 1. The van der Waals surface area contributed by atoms with Crippen molar-refractivity contribution >= 4 is 22.6 Å². The summed E-state index contributed by atoms with van der Waals surface area (Å²) >= 11 is 0. The number of hydrogen-bond acceptors (Lipinski definition) is 2. The minimum atomic E-state index is -0.365. The number of hydrogen-bond donors (Lipinski definition) is 1. The van der Waals surface area contributed by atoms with E-state index in [1.807, 2.05) is 42.5 Å². The Morgan fingerprint density at radius 3 is 2.59 bits per heavy atom. The quantitative estimate of drug-likeness (QED) is 0.753. The van der Waals surface area contributed by atoms with Gasteiger partial charge >= 0.3 is 6.09 Å². The first-order valence-corrected chi connectivity index (χ1v) is 8.05. The molecule has 0 aliphatic carbocycles. The Bertz CT molecular complexity index is 616. The summed E-state index contributed by atoms with van der Waals surface area (Å²) in [6.45, 7) is 6.41. The molecule has 0 bridgehead atoms. The van der Waals surface area contributed by atoms with Crippen molar-refractivity contribution in [3.8, 4) is 0 Å². The van der Waals surface area contributed by atoms with E-state index in [-0.39, 0.29) is 12.2 Å². The smallest absolute Gasteiger partial charge is 0.411 e. The molecule has 0 heterocycles. The Labute approximate surface area is 132 Å². The van der Waals surface area contributed by atoms with Gasteiger partial charge in [0.15, 0.2) is 0 Å². The van der Waals surface area contributed by atoms with Crippen molar-refractivity contribution in [2.75, 3.05) is 5.32 Å². The molecule has 2 aromatic carbocycles. The highest BCUT2D eigenvalue weighted by Gasteiger charge is 2.16. The molecule has 0 spiro atoms. The van der Waals surface area contributed by atoms with Gasteiger partial charge in [0.05, 0.1) is 5.69 Å². The number of benzene rings is 2. The van der Waals surface area contributed by atoms with Gasteiger partial charge in [-0.3, -0.25) is 5.32 Å². The predicted molar refractivity (Wildman–Crippen MR) is 92.2 cm³/mol.